The first kappa shape index (κ1) is 14.2. The van der Waals surface area contributed by atoms with Gasteiger partial charge in [-0.1, -0.05) is 0 Å². The van der Waals surface area contributed by atoms with Crippen LogP contribution in [0.25, 0.3) is 0 Å². The van der Waals surface area contributed by atoms with Crippen LogP contribution in [0.5, 0.6) is 0 Å². The van der Waals surface area contributed by atoms with Crippen molar-refractivity contribution < 1.29 is 9.15 Å². The Balaban J connectivity index is 2.66. The summed E-state index contributed by atoms with van der Waals surface area (Å²) in [6.45, 7) is 8.85. The van der Waals surface area contributed by atoms with Gasteiger partial charge in [0.05, 0.1) is 18.4 Å². The van der Waals surface area contributed by atoms with E-state index in [0.29, 0.717) is 19.8 Å². The van der Waals surface area contributed by atoms with E-state index in [1.165, 1.54) is 5.56 Å². The zero-order valence-corrected chi connectivity index (χ0v) is 11.3. The number of ether oxygens (including phenoxy) is 1. The zero-order valence-electron chi connectivity index (χ0n) is 11.3. The highest BCUT2D eigenvalue weighted by atomic mass is 16.5. The summed E-state index contributed by atoms with van der Waals surface area (Å²) in [5.74, 6) is 0.965. The number of hydrogen-bond donors (Lipinski definition) is 1. The maximum Gasteiger partial charge on any atom is 0.105 e. The molecule has 1 rings (SSSR count). The van der Waals surface area contributed by atoms with Crippen molar-refractivity contribution in [2.45, 2.75) is 32.9 Å². The van der Waals surface area contributed by atoms with Crippen LogP contribution in [0.1, 0.15) is 25.2 Å². The molecule has 17 heavy (non-hydrogen) atoms. The molecule has 4 nitrogen and oxygen atoms in total. The van der Waals surface area contributed by atoms with Crippen LogP contribution >= 0.6 is 0 Å². The van der Waals surface area contributed by atoms with Crippen molar-refractivity contribution in [3.05, 3.63) is 23.7 Å². The van der Waals surface area contributed by atoms with Crippen molar-refractivity contribution in [3.63, 3.8) is 0 Å². The molecule has 98 valence electrons. The van der Waals surface area contributed by atoms with Gasteiger partial charge in [0.1, 0.15) is 5.76 Å². The summed E-state index contributed by atoms with van der Waals surface area (Å²) < 4.78 is 10.8. The summed E-state index contributed by atoms with van der Waals surface area (Å²) >= 11 is 0. The molecule has 0 aliphatic carbocycles. The Labute approximate surface area is 104 Å². The Morgan fingerprint density at radius 3 is 2.71 bits per heavy atom. The van der Waals surface area contributed by atoms with Crippen LogP contribution in [0.4, 0.5) is 0 Å². The third kappa shape index (κ3) is 3.56. The van der Waals surface area contributed by atoms with E-state index in [1.54, 1.807) is 6.26 Å². The van der Waals surface area contributed by atoms with Crippen LogP contribution < -0.4 is 5.73 Å². The summed E-state index contributed by atoms with van der Waals surface area (Å²) in [6.07, 6.45) is 1.72. The molecule has 0 saturated carbocycles. The van der Waals surface area contributed by atoms with Gasteiger partial charge in [-0.25, -0.2) is 0 Å². The van der Waals surface area contributed by atoms with Gasteiger partial charge in [-0.3, -0.25) is 4.90 Å². The first-order valence-electron chi connectivity index (χ1n) is 6.05. The average molecular weight is 240 g/mol. The summed E-state index contributed by atoms with van der Waals surface area (Å²) in [6, 6.07) is 2.00. The molecule has 1 unspecified atom stereocenters. The Bertz CT molecular complexity index is 338. The second kappa shape index (κ2) is 6.19. The van der Waals surface area contributed by atoms with Gasteiger partial charge in [0, 0.05) is 25.3 Å². The highest BCUT2D eigenvalue weighted by Crippen LogP contribution is 2.18. The second-order valence-electron chi connectivity index (χ2n) is 4.70. The van der Waals surface area contributed by atoms with Gasteiger partial charge in [-0.05, 0) is 33.9 Å². The molecule has 0 saturated heterocycles. The number of furan rings is 1. The highest BCUT2D eigenvalue weighted by Gasteiger charge is 2.28. The number of likely N-dealkylation sites (N-methyl/N-ethyl adjacent to an activating group) is 1. The van der Waals surface area contributed by atoms with Gasteiger partial charge < -0.3 is 14.9 Å². The number of aryl methyl sites for hydroxylation is 1. The number of nitrogens with zero attached hydrogens (tertiary/aromatic N) is 1. The third-order valence-electron chi connectivity index (χ3n) is 3.35. The van der Waals surface area contributed by atoms with Crippen LogP contribution in [0.3, 0.4) is 0 Å². The van der Waals surface area contributed by atoms with E-state index in [4.69, 9.17) is 14.9 Å². The molecule has 4 heteroatoms. The Morgan fingerprint density at radius 2 is 2.24 bits per heavy atom. The van der Waals surface area contributed by atoms with E-state index in [9.17, 15) is 0 Å². The molecular weight excluding hydrogens is 216 g/mol. The van der Waals surface area contributed by atoms with Crippen molar-refractivity contribution in [3.8, 4) is 0 Å². The van der Waals surface area contributed by atoms with Gasteiger partial charge in [0.2, 0.25) is 0 Å². The van der Waals surface area contributed by atoms with E-state index >= 15 is 0 Å². The lowest BCUT2D eigenvalue weighted by atomic mass is 10.0. The largest absolute Gasteiger partial charge is 0.469 e. The zero-order chi connectivity index (χ0) is 12.9. The normalized spacial score (nSPS) is 15.2. The van der Waals surface area contributed by atoms with Crippen molar-refractivity contribution in [1.29, 1.82) is 0 Å². The van der Waals surface area contributed by atoms with Crippen LogP contribution in [0, 0.1) is 6.92 Å². The standard InChI is InChI=1S/C13H24N2O2/c1-5-16-10-13(3,9-14)15(4)8-12-6-7-17-11(12)2/h6-7H,5,8-10,14H2,1-4H3. The smallest absolute Gasteiger partial charge is 0.105 e. The van der Waals surface area contributed by atoms with Crippen LogP contribution in [-0.4, -0.2) is 37.2 Å². The highest BCUT2D eigenvalue weighted by molar-refractivity contribution is 5.15. The van der Waals surface area contributed by atoms with Gasteiger partial charge in [-0.15, -0.1) is 0 Å². The van der Waals surface area contributed by atoms with Crippen LogP contribution in [0.15, 0.2) is 16.7 Å². The van der Waals surface area contributed by atoms with E-state index in [1.807, 2.05) is 19.9 Å². The fourth-order valence-corrected chi connectivity index (χ4v) is 1.67. The Morgan fingerprint density at radius 1 is 1.53 bits per heavy atom. The van der Waals surface area contributed by atoms with Gasteiger partial charge in [0.15, 0.2) is 0 Å². The molecule has 0 fully saturated rings. The van der Waals surface area contributed by atoms with Gasteiger partial charge in [-0.2, -0.15) is 0 Å². The molecule has 1 atom stereocenters. The molecule has 0 aromatic carbocycles. The van der Waals surface area contributed by atoms with Crippen molar-refractivity contribution in [2.75, 3.05) is 26.8 Å². The van der Waals surface area contributed by atoms with Gasteiger partial charge in [0.25, 0.3) is 0 Å². The minimum atomic E-state index is -0.139. The second-order valence-corrected chi connectivity index (χ2v) is 4.70. The molecule has 0 aliphatic rings. The molecule has 0 bridgehead atoms. The fraction of sp³-hybridized carbons (Fsp3) is 0.692. The molecule has 1 heterocycles. The van der Waals surface area contributed by atoms with Crippen molar-refractivity contribution >= 4 is 0 Å². The third-order valence-corrected chi connectivity index (χ3v) is 3.35. The van der Waals surface area contributed by atoms with E-state index in [2.05, 4.69) is 18.9 Å². The molecule has 0 aliphatic heterocycles. The first-order chi connectivity index (χ1) is 8.03. The number of hydrogen-bond acceptors (Lipinski definition) is 4. The lowest BCUT2D eigenvalue weighted by molar-refractivity contribution is 0.0200. The maximum absolute atomic E-state index is 5.87. The first-order valence-corrected chi connectivity index (χ1v) is 6.05. The van der Waals surface area contributed by atoms with Crippen molar-refractivity contribution in [1.82, 2.24) is 4.90 Å². The topological polar surface area (TPSA) is 51.6 Å². The van der Waals surface area contributed by atoms with Crippen LogP contribution in [-0.2, 0) is 11.3 Å². The molecule has 2 N–H and O–H groups in total. The molecule has 0 spiro atoms. The molecule has 1 aromatic rings. The average Bonchev–Trinajstić information content (AvgIpc) is 2.72. The monoisotopic (exact) mass is 240 g/mol. The minimum Gasteiger partial charge on any atom is -0.469 e. The molecule has 1 aromatic heterocycles. The predicted octanol–water partition coefficient (Wildman–Crippen LogP) is 1.77. The summed E-state index contributed by atoms with van der Waals surface area (Å²) in [4.78, 5) is 2.22. The SMILES string of the molecule is CCOCC(C)(CN)N(C)Cc1ccoc1C. The Kier molecular flexibility index (Phi) is 5.18. The lowest BCUT2D eigenvalue weighted by Crippen LogP contribution is -2.52. The number of nitrogens with two attached hydrogens (primary N) is 1. The van der Waals surface area contributed by atoms with Crippen LogP contribution in [0.2, 0.25) is 0 Å². The van der Waals surface area contributed by atoms with Gasteiger partial charge >= 0.3 is 0 Å². The summed E-state index contributed by atoms with van der Waals surface area (Å²) in [7, 11) is 2.07. The Hall–Kier alpha value is -0.840. The summed E-state index contributed by atoms with van der Waals surface area (Å²) in [5.41, 5.74) is 6.93. The minimum absolute atomic E-state index is 0.139. The quantitative estimate of drug-likeness (QED) is 0.789. The number of rotatable bonds is 7. The fourth-order valence-electron chi connectivity index (χ4n) is 1.67. The molecular formula is C13H24N2O2. The van der Waals surface area contributed by atoms with E-state index in [-0.39, 0.29) is 5.54 Å². The summed E-state index contributed by atoms with van der Waals surface area (Å²) in [5, 5.41) is 0. The van der Waals surface area contributed by atoms with Crippen molar-refractivity contribution in [2.24, 2.45) is 5.73 Å². The lowest BCUT2D eigenvalue weighted by Gasteiger charge is -2.37. The predicted molar refractivity (Wildman–Crippen MR) is 68.9 cm³/mol. The molecule has 0 radical (unpaired) electrons. The van der Waals surface area contributed by atoms with E-state index in [0.717, 1.165) is 12.3 Å². The maximum atomic E-state index is 5.87. The van der Waals surface area contributed by atoms with E-state index < -0.39 is 0 Å². The molecule has 0 amide bonds.